The van der Waals surface area contributed by atoms with E-state index in [1.54, 1.807) is 0 Å². The molecular weight excluding hydrogens is 322 g/mol. The highest BCUT2D eigenvalue weighted by Gasteiger charge is 2.20. The minimum Gasteiger partial charge on any atom is -0.478 e. The van der Waals surface area contributed by atoms with Crippen LogP contribution in [0.25, 0.3) is 0 Å². The topological polar surface area (TPSA) is 79.3 Å². The molecule has 1 aromatic heterocycles. The summed E-state index contributed by atoms with van der Waals surface area (Å²) in [5, 5.41) is 11.1. The number of carboxylic acid groups (broad SMARTS) is 1. The monoisotopic (exact) mass is 328 g/mol. The van der Waals surface area contributed by atoms with Crippen molar-refractivity contribution in [1.82, 2.24) is 4.98 Å². The van der Waals surface area contributed by atoms with Crippen LogP contribution in [-0.4, -0.2) is 22.0 Å². The van der Waals surface area contributed by atoms with Crippen molar-refractivity contribution in [1.29, 1.82) is 0 Å². The number of carbonyl (C=O) groups is 2. The Morgan fingerprint density at radius 2 is 1.86 bits per heavy atom. The van der Waals surface area contributed by atoms with Crippen molar-refractivity contribution in [2.75, 3.05) is 5.32 Å². The Labute approximate surface area is 128 Å². The number of pyridine rings is 1. The van der Waals surface area contributed by atoms with Crippen molar-refractivity contribution < 1.29 is 19.1 Å². The average molecular weight is 329 g/mol. The molecule has 0 radical (unpaired) electrons. The van der Waals surface area contributed by atoms with Crippen LogP contribution in [-0.2, 0) is 0 Å². The number of anilines is 1. The molecule has 5 nitrogen and oxygen atoms in total. The summed E-state index contributed by atoms with van der Waals surface area (Å²) in [5.74, 6) is -2.78. The second kappa shape index (κ2) is 6.07. The van der Waals surface area contributed by atoms with Crippen molar-refractivity contribution in [3.63, 3.8) is 0 Å². The smallest absolute Gasteiger partial charge is 0.338 e. The van der Waals surface area contributed by atoms with Gasteiger partial charge in [0, 0.05) is 6.20 Å². The summed E-state index contributed by atoms with van der Waals surface area (Å²) in [6.07, 6.45) is 1.27. The van der Waals surface area contributed by atoms with Crippen LogP contribution in [0, 0.1) is 5.82 Å². The van der Waals surface area contributed by atoms with Gasteiger partial charge in [-0.2, -0.15) is 0 Å². The Bertz CT molecular complexity index is 714. The number of hydrogen-bond acceptors (Lipinski definition) is 3. The van der Waals surface area contributed by atoms with E-state index in [2.05, 4.69) is 10.3 Å². The summed E-state index contributed by atoms with van der Waals surface area (Å²) in [7, 11) is 0. The lowest BCUT2D eigenvalue weighted by atomic mass is 10.2. The minimum atomic E-state index is -1.30. The molecule has 0 atom stereocenters. The minimum absolute atomic E-state index is 0.0216. The Hall–Kier alpha value is -2.18. The molecule has 0 spiro atoms. The van der Waals surface area contributed by atoms with Crippen LogP contribution in [0.3, 0.4) is 0 Å². The average Bonchev–Trinajstić information content (AvgIpc) is 2.42. The van der Waals surface area contributed by atoms with Gasteiger partial charge in [-0.3, -0.25) is 9.78 Å². The Balaban J connectivity index is 2.38. The first-order valence-corrected chi connectivity index (χ1v) is 6.30. The first kappa shape index (κ1) is 15.2. The van der Waals surface area contributed by atoms with Crippen LogP contribution in [0.2, 0.25) is 10.0 Å². The maximum atomic E-state index is 13.1. The first-order chi connectivity index (χ1) is 9.90. The van der Waals surface area contributed by atoms with Crippen LogP contribution in [0.5, 0.6) is 0 Å². The molecule has 0 saturated heterocycles. The summed E-state index contributed by atoms with van der Waals surface area (Å²) in [6.45, 7) is 0. The van der Waals surface area contributed by atoms with E-state index in [4.69, 9.17) is 28.3 Å². The molecule has 1 aromatic carbocycles. The number of carboxylic acids is 1. The molecule has 0 saturated carbocycles. The number of benzene rings is 1. The van der Waals surface area contributed by atoms with Gasteiger partial charge in [-0.05, 0) is 24.3 Å². The van der Waals surface area contributed by atoms with Crippen LogP contribution >= 0.6 is 23.2 Å². The molecule has 1 amide bonds. The first-order valence-electron chi connectivity index (χ1n) is 5.54. The van der Waals surface area contributed by atoms with Crippen molar-refractivity contribution in [2.24, 2.45) is 0 Å². The zero-order valence-electron chi connectivity index (χ0n) is 10.2. The molecule has 0 aliphatic carbocycles. The standard InChI is InChI=1S/C13H7Cl2FN2O3/c14-8-4-6(16)5-9(15)11(8)18-12(19)10-7(13(20)21)2-1-3-17-10/h1-5H,(H,18,19)(H,20,21). The van der Waals surface area contributed by atoms with Gasteiger partial charge < -0.3 is 10.4 Å². The number of amides is 1. The van der Waals surface area contributed by atoms with Crippen LogP contribution in [0.15, 0.2) is 30.5 Å². The molecule has 0 bridgehead atoms. The Morgan fingerprint density at radius 1 is 1.24 bits per heavy atom. The summed E-state index contributed by atoms with van der Waals surface area (Å²) >= 11 is 11.6. The van der Waals surface area contributed by atoms with E-state index in [0.29, 0.717) is 0 Å². The Morgan fingerprint density at radius 3 is 2.43 bits per heavy atom. The van der Waals surface area contributed by atoms with Crippen molar-refractivity contribution in [3.05, 3.63) is 57.6 Å². The van der Waals surface area contributed by atoms with E-state index in [0.717, 1.165) is 12.1 Å². The highest BCUT2D eigenvalue weighted by atomic mass is 35.5. The number of nitrogens with zero attached hydrogens (tertiary/aromatic N) is 1. The molecule has 8 heteroatoms. The van der Waals surface area contributed by atoms with Crippen molar-refractivity contribution in [3.8, 4) is 0 Å². The molecule has 2 N–H and O–H groups in total. The van der Waals surface area contributed by atoms with Gasteiger partial charge in [-0.15, -0.1) is 0 Å². The predicted octanol–water partition coefficient (Wildman–Crippen LogP) is 3.48. The fourth-order valence-corrected chi connectivity index (χ4v) is 2.15. The van der Waals surface area contributed by atoms with E-state index in [-0.39, 0.29) is 27.0 Å². The molecule has 0 aliphatic heterocycles. The van der Waals surface area contributed by atoms with Crippen molar-refractivity contribution >= 4 is 40.8 Å². The van der Waals surface area contributed by atoms with Gasteiger partial charge in [0.15, 0.2) is 0 Å². The lowest BCUT2D eigenvalue weighted by molar-refractivity contribution is 0.0691. The fraction of sp³-hybridized carbons (Fsp3) is 0. The zero-order chi connectivity index (χ0) is 15.6. The fourth-order valence-electron chi connectivity index (χ4n) is 1.59. The quantitative estimate of drug-likeness (QED) is 0.904. The maximum Gasteiger partial charge on any atom is 0.338 e. The SMILES string of the molecule is O=C(O)c1cccnc1C(=O)Nc1c(Cl)cc(F)cc1Cl. The van der Waals surface area contributed by atoms with Crippen LogP contribution in [0.4, 0.5) is 10.1 Å². The predicted molar refractivity (Wildman–Crippen MR) is 75.6 cm³/mol. The maximum absolute atomic E-state index is 13.1. The molecule has 0 aliphatic rings. The molecule has 2 aromatic rings. The highest BCUT2D eigenvalue weighted by Crippen LogP contribution is 2.31. The molecule has 21 heavy (non-hydrogen) atoms. The number of hydrogen-bond donors (Lipinski definition) is 2. The molecular formula is C13H7Cl2FN2O3. The number of halogens is 3. The van der Waals surface area contributed by atoms with Gasteiger partial charge in [0.25, 0.3) is 5.91 Å². The number of aromatic carboxylic acids is 1. The highest BCUT2D eigenvalue weighted by molar-refractivity contribution is 6.40. The number of carbonyl (C=O) groups excluding carboxylic acids is 1. The summed E-state index contributed by atoms with van der Waals surface area (Å²) < 4.78 is 13.1. The van der Waals surface area contributed by atoms with Gasteiger partial charge in [-0.25, -0.2) is 9.18 Å². The second-order valence-electron chi connectivity index (χ2n) is 3.90. The lowest BCUT2D eigenvalue weighted by Gasteiger charge is -2.10. The molecule has 0 unspecified atom stereocenters. The van der Waals surface area contributed by atoms with Gasteiger partial charge >= 0.3 is 5.97 Å². The summed E-state index contributed by atoms with van der Waals surface area (Å²) in [4.78, 5) is 26.8. The second-order valence-corrected chi connectivity index (χ2v) is 4.72. The lowest BCUT2D eigenvalue weighted by Crippen LogP contribution is -2.18. The third-order valence-electron chi connectivity index (χ3n) is 2.50. The largest absolute Gasteiger partial charge is 0.478 e. The summed E-state index contributed by atoms with van der Waals surface area (Å²) in [5.41, 5.74) is -0.599. The number of nitrogens with one attached hydrogen (secondary N) is 1. The molecule has 2 rings (SSSR count). The van der Waals surface area contributed by atoms with E-state index >= 15 is 0 Å². The van der Waals surface area contributed by atoms with E-state index in [9.17, 15) is 14.0 Å². The van der Waals surface area contributed by atoms with Gasteiger partial charge in [-0.1, -0.05) is 23.2 Å². The number of rotatable bonds is 3. The third kappa shape index (κ3) is 3.29. The van der Waals surface area contributed by atoms with E-state index < -0.39 is 17.7 Å². The van der Waals surface area contributed by atoms with E-state index in [1.165, 1.54) is 18.3 Å². The van der Waals surface area contributed by atoms with Gasteiger partial charge in [0.05, 0.1) is 21.3 Å². The third-order valence-corrected chi connectivity index (χ3v) is 3.09. The molecule has 0 fully saturated rings. The zero-order valence-corrected chi connectivity index (χ0v) is 11.7. The van der Waals surface area contributed by atoms with Crippen LogP contribution < -0.4 is 5.32 Å². The summed E-state index contributed by atoms with van der Waals surface area (Å²) in [6, 6.07) is 4.56. The normalized spacial score (nSPS) is 10.2. The Kier molecular flexibility index (Phi) is 4.40. The molecule has 108 valence electrons. The van der Waals surface area contributed by atoms with E-state index in [1.807, 2.05) is 0 Å². The van der Waals surface area contributed by atoms with Crippen molar-refractivity contribution in [2.45, 2.75) is 0 Å². The van der Waals surface area contributed by atoms with Gasteiger partial charge in [0.2, 0.25) is 0 Å². The number of aromatic nitrogens is 1. The van der Waals surface area contributed by atoms with Gasteiger partial charge in [0.1, 0.15) is 11.5 Å². The molecule has 1 heterocycles. The van der Waals surface area contributed by atoms with Crippen LogP contribution in [0.1, 0.15) is 20.8 Å².